The first-order valence-electron chi connectivity index (χ1n) is 12.3. The molecule has 0 saturated carbocycles. The number of aliphatic hydroxyl groups is 1. The molecule has 3 rings (SSSR count). The van der Waals surface area contributed by atoms with Crippen molar-refractivity contribution < 1.29 is 29.4 Å². The van der Waals surface area contributed by atoms with Crippen molar-refractivity contribution in [1.29, 1.82) is 5.41 Å². The lowest BCUT2D eigenvalue weighted by atomic mass is 10.0. The highest BCUT2D eigenvalue weighted by Crippen LogP contribution is 2.19. The fraction of sp³-hybridized carbons (Fsp3) is 0.400. The SMILES string of the molecule is C[C@H](NC(=O)C(CO)NC(=O)C(N)CC1=CCN(C(=N)N)C1)C(=O)NC(Cc1c[nH]c2ccccc12)C(=O)O. The van der Waals surface area contributed by atoms with E-state index in [2.05, 4.69) is 20.9 Å². The van der Waals surface area contributed by atoms with E-state index in [1.807, 2.05) is 30.3 Å². The van der Waals surface area contributed by atoms with Gasteiger partial charge < -0.3 is 47.5 Å². The number of aromatic amines is 1. The monoisotopic (exact) mass is 542 g/mol. The van der Waals surface area contributed by atoms with Gasteiger partial charge in [-0.3, -0.25) is 19.8 Å². The first-order valence-corrected chi connectivity index (χ1v) is 12.3. The lowest BCUT2D eigenvalue weighted by molar-refractivity contribution is -0.142. The van der Waals surface area contributed by atoms with Gasteiger partial charge in [-0.25, -0.2) is 4.79 Å². The van der Waals surface area contributed by atoms with Gasteiger partial charge in [0.25, 0.3) is 0 Å². The van der Waals surface area contributed by atoms with Crippen LogP contribution < -0.4 is 27.4 Å². The van der Waals surface area contributed by atoms with Crippen molar-refractivity contribution in [3.63, 3.8) is 0 Å². The molecule has 0 bridgehead atoms. The molecule has 1 aliphatic rings. The van der Waals surface area contributed by atoms with Gasteiger partial charge in [0.15, 0.2) is 5.96 Å². The number of nitrogens with two attached hydrogens (primary N) is 2. The third kappa shape index (κ3) is 7.55. The van der Waals surface area contributed by atoms with E-state index in [9.17, 15) is 29.4 Å². The van der Waals surface area contributed by atoms with Crippen LogP contribution in [0.25, 0.3) is 10.9 Å². The van der Waals surface area contributed by atoms with Crippen LogP contribution in [0.15, 0.2) is 42.1 Å². The Morgan fingerprint density at radius 2 is 1.77 bits per heavy atom. The molecule has 0 spiro atoms. The molecule has 14 nitrogen and oxygen atoms in total. The quantitative estimate of drug-likeness (QED) is 0.0826. The van der Waals surface area contributed by atoms with Gasteiger partial charge in [0.05, 0.1) is 12.6 Å². The maximum Gasteiger partial charge on any atom is 0.326 e. The van der Waals surface area contributed by atoms with Gasteiger partial charge in [-0.2, -0.15) is 0 Å². The molecule has 4 atom stereocenters. The van der Waals surface area contributed by atoms with Gasteiger partial charge in [-0.15, -0.1) is 0 Å². The highest BCUT2D eigenvalue weighted by Gasteiger charge is 2.29. The fourth-order valence-electron chi connectivity index (χ4n) is 4.19. The molecule has 2 aromatic rings. The normalized spacial score (nSPS) is 16.1. The summed E-state index contributed by atoms with van der Waals surface area (Å²) in [6.45, 7) is 1.40. The second-order valence-corrected chi connectivity index (χ2v) is 9.38. The molecule has 0 fully saturated rings. The van der Waals surface area contributed by atoms with Crippen LogP contribution in [0, 0.1) is 5.41 Å². The second-order valence-electron chi connectivity index (χ2n) is 9.38. The van der Waals surface area contributed by atoms with Gasteiger partial charge in [0, 0.05) is 36.6 Å². The zero-order valence-electron chi connectivity index (χ0n) is 21.4. The summed E-state index contributed by atoms with van der Waals surface area (Å²) in [4.78, 5) is 54.3. The first kappa shape index (κ1) is 29.1. The molecule has 1 aliphatic heterocycles. The highest BCUT2D eigenvalue weighted by atomic mass is 16.4. The van der Waals surface area contributed by atoms with Crippen LogP contribution in [0.2, 0.25) is 0 Å². The predicted octanol–water partition coefficient (Wildman–Crippen LogP) is -1.89. The summed E-state index contributed by atoms with van der Waals surface area (Å²) in [5.41, 5.74) is 13.8. The number of aromatic nitrogens is 1. The molecular formula is C25H34N8O6. The number of carbonyl (C=O) groups is 4. The van der Waals surface area contributed by atoms with Crippen LogP contribution in [0.4, 0.5) is 0 Å². The molecule has 1 aromatic heterocycles. The number of amides is 3. The van der Waals surface area contributed by atoms with E-state index >= 15 is 0 Å². The number of hydrogen-bond acceptors (Lipinski definition) is 7. The number of H-pyrrole nitrogens is 1. The fourth-order valence-corrected chi connectivity index (χ4v) is 4.19. The minimum absolute atomic E-state index is 0.0135. The van der Waals surface area contributed by atoms with Gasteiger partial charge in [-0.1, -0.05) is 29.8 Å². The lowest BCUT2D eigenvalue weighted by Gasteiger charge is -2.22. The number of carbonyl (C=O) groups excluding carboxylic acids is 3. The maximum absolute atomic E-state index is 12.7. The minimum atomic E-state index is -1.38. The molecule has 14 heteroatoms. The Kier molecular flexibility index (Phi) is 9.62. The van der Waals surface area contributed by atoms with Crippen molar-refractivity contribution in [2.45, 2.75) is 43.9 Å². The molecule has 1 aromatic carbocycles. The number of hydrogen-bond donors (Lipinski definition) is 9. The van der Waals surface area contributed by atoms with Crippen LogP contribution in [0.3, 0.4) is 0 Å². The van der Waals surface area contributed by atoms with Gasteiger partial charge in [0.1, 0.15) is 18.1 Å². The van der Waals surface area contributed by atoms with E-state index in [1.54, 1.807) is 11.1 Å². The van der Waals surface area contributed by atoms with Crippen molar-refractivity contribution in [2.24, 2.45) is 11.5 Å². The van der Waals surface area contributed by atoms with Crippen molar-refractivity contribution >= 4 is 40.6 Å². The second kappa shape index (κ2) is 12.9. The number of carboxylic acid groups (broad SMARTS) is 1. The van der Waals surface area contributed by atoms with Crippen LogP contribution >= 0.6 is 0 Å². The van der Waals surface area contributed by atoms with E-state index in [1.165, 1.54) is 6.92 Å². The number of nitrogens with zero attached hydrogens (tertiary/aromatic N) is 1. The highest BCUT2D eigenvalue weighted by molar-refractivity contribution is 5.94. The first-order chi connectivity index (χ1) is 18.5. The summed E-state index contributed by atoms with van der Waals surface area (Å²) in [6, 6.07) is 2.53. The van der Waals surface area contributed by atoms with E-state index < -0.39 is 54.5 Å². The van der Waals surface area contributed by atoms with Crippen molar-refractivity contribution in [3.05, 3.63) is 47.7 Å². The Labute approximate surface area is 224 Å². The Bertz CT molecular complexity index is 1270. The minimum Gasteiger partial charge on any atom is -0.480 e. The summed E-state index contributed by atoms with van der Waals surface area (Å²) in [6.07, 6.45) is 3.68. The zero-order chi connectivity index (χ0) is 28.7. The summed E-state index contributed by atoms with van der Waals surface area (Å²) in [5.74, 6) is -3.62. The number of carboxylic acids is 1. The number of aliphatic hydroxyl groups excluding tert-OH is 1. The maximum atomic E-state index is 12.7. The number of fused-ring (bicyclic) bond motifs is 1. The summed E-state index contributed by atoms with van der Waals surface area (Å²) in [7, 11) is 0. The molecule has 3 amide bonds. The zero-order valence-corrected chi connectivity index (χ0v) is 21.4. The molecule has 3 unspecified atom stereocenters. The number of aliphatic carboxylic acids is 1. The Morgan fingerprint density at radius 1 is 1.08 bits per heavy atom. The van der Waals surface area contributed by atoms with E-state index in [0.717, 1.165) is 16.5 Å². The van der Waals surface area contributed by atoms with Crippen molar-refractivity contribution in [2.75, 3.05) is 19.7 Å². The molecular weight excluding hydrogens is 508 g/mol. The van der Waals surface area contributed by atoms with Crippen molar-refractivity contribution in [3.8, 4) is 0 Å². The largest absolute Gasteiger partial charge is 0.480 e. The Hall–Kier alpha value is -4.43. The Morgan fingerprint density at radius 3 is 2.41 bits per heavy atom. The number of rotatable bonds is 12. The third-order valence-corrected chi connectivity index (χ3v) is 6.44. The molecule has 0 saturated heterocycles. The Balaban J connectivity index is 1.52. The number of para-hydroxylation sites is 1. The standard InChI is InChI=1S/C25H34N8O6/c1-13(21(35)31-19(24(38)39)9-15-10-29-18-5-3-2-4-16(15)18)30-23(37)20(12-34)32-22(36)17(26)8-14-6-7-33(11-14)25(27)28/h2-6,10,13,17,19-20,29,34H,7-9,11-12,26H2,1H3,(H3,27,28)(H,30,37)(H,31,35)(H,32,36)(H,38,39)/t13-,17?,19?,20?/m0/s1. The topological polar surface area (TPSA) is 240 Å². The van der Waals surface area contributed by atoms with Crippen LogP contribution in [-0.2, 0) is 25.6 Å². The molecule has 39 heavy (non-hydrogen) atoms. The van der Waals surface area contributed by atoms with Gasteiger partial charge >= 0.3 is 5.97 Å². The smallest absolute Gasteiger partial charge is 0.326 e. The number of guanidine groups is 1. The van der Waals surface area contributed by atoms with Crippen LogP contribution in [0.1, 0.15) is 18.9 Å². The van der Waals surface area contributed by atoms with Crippen molar-refractivity contribution in [1.82, 2.24) is 25.8 Å². The van der Waals surface area contributed by atoms with Crippen LogP contribution in [0.5, 0.6) is 0 Å². The summed E-state index contributed by atoms with van der Waals surface area (Å²) in [5, 5.41) is 34.8. The average molecular weight is 543 g/mol. The van der Waals surface area contributed by atoms with E-state index in [4.69, 9.17) is 16.9 Å². The molecule has 0 aliphatic carbocycles. The molecule has 2 heterocycles. The average Bonchev–Trinajstić information content (AvgIpc) is 3.53. The lowest BCUT2D eigenvalue weighted by Crippen LogP contribution is -2.57. The molecule has 210 valence electrons. The third-order valence-electron chi connectivity index (χ3n) is 6.44. The van der Waals surface area contributed by atoms with E-state index in [0.29, 0.717) is 18.7 Å². The number of nitrogens with one attached hydrogen (secondary N) is 5. The van der Waals surface area contributed by atoms with E-state index in [-0.39, 0.29) is 18.8 Å². The van der Waals surface area contributed by atoms with Gasteiger partial charge in [-0.05, 0) is 25.0 Å². The number of benzene rings is 1. The van der Waals surface area contributed by atoms with Crippen LogP contribution in [-0.4, -0.2) is 93.6 Å². The summed E-state index contributed by atoms with van der Waals surface area (Å²) >= 11 is 0. The summed E-state index contributed by atoms with van der Waals surface area (Å²) < 4.78 is 0. The predicted molar refractivity (Wildman–Crippen MR) is 142 cm³/mol. The molecule has 0 radical (unpaired) electrons. The molecule has 11 N–H and O–H groups in total. The van der Waals surface area contributed by atoms with Gasteiger partial charge in [0.2, 0.25) is 17.7 Å².